The van der Waals surface area contributed by atoms with Gasteiger partial charge in [-0.1, -0.05) is 23.7 Å². The number of benzene rings is 1. The maximum atomic E-state index is 13.1. The Balaban J connectivity index is 2.35. The minimum absolute atomic E-state index is 0.225. The number of carbonyl (C=O) groups is 1. The van der Waals surface area contributed by atoms with Crippen molar-refractivity contribution >= 4 is 17.4 Å². The van der Waals surface area contributed by atoms with Crippen molar-refractivity contribution in [3.8, 4) is 0 Å². The van der Waals surface area contributed by atoms with Crippen LogP contribution in [-0.4, -0.2) is 15.3 Å². The van der Waals surface area contributed by atoms with Crippen LogP contribution in [0.3, 0.4) is 0 Å². The number of aromatic amines is 1. The smallest absolute Gasteiger partial charge is 0.292 e. The van der Waals surface area contributed by atoms with E-state index in [-0.39, 0.29) is 10.6 Å². The highest BCUT2D eigenvalue weighted by Gasteiger charge is 2.12. The largest absolute Gasteiger partial charge is 0.328 e. The van der Waals surface area contributed by atoms with Gasteiger partial charge >= 0.3 is 5.69 Å². The van der Waals surface area contributed by atoms with E-state index < -0.39 is 29.4 Å². The van der Waals surface area contributed by atoms with Crippen LogP contribution in [0, 0.1) is 5.82 Å². The third kappa shape index (κ3) is 2.79. The molecule has 5 nitrogen and oxygen atoms in total. The minimum atomic E-state index is -1.13. The van der Waals surface area contributed by atoms with Gasteiger partial charge in [-0.2, -0.15) is 4.39 Å². The summed E-state index contributed by atoms with van der Waals surface area (Å²) in [7, 11) is 0. The Labute approximate surface area is 111 Å². The Morgan fingerprint density at radius 2 is 2.00 bits per heavy atom. The standard InChI is InChI=1S/C12H8ClFN2O3/c13-8-4-2-1-3-7(8)10(17)6-16-5-9(14)11(18)15-12(16)19/h1-5H,6H2,(H,15,18,19). The maximum Gasteiger partial charge on any atom is 0.328 e. The van der Waals surface area contributed by atoms with Gasteiger partial charge in [-0.15, -0.1) is 0 Å². The van der Waals surface area contributed by atoms with Crippen LogP contribution in [0.2, 0.25) is 5.02 Å². The summed E-state index contributed by atoms with van der Waals surface area (Å²) >= 11 is 5.84. The molecular weight excluding hydrogens is 275 g/mol. The lowest BCUT2D eigenvalue weighted by molar-refractivity contribution is 0.0970. The van der Waals surface area contributed by atoms with Crippen molar-refractivity contribution in [2.45, 2.75) is 6.54 Å². The molecule has 0 spiro atoms. The second-order valence-corrected chi connectivity index (χ2v) is 4.17. The Morgan fingerprint density at radius 1 is 1.32 bits per heavy atom. The molecular formula is C12H8ClFN2O3. The van der Waals surface area contributed by atoms with E-state index in [0.29, 0.717) is 6.20 Å². The molecule has 0 radical (unpaired) electrons. The fourth-order valence-electron chi connectivity index (χ4n) is 1.53. The van der Waals surface area contributed by atoms with Crippen molar-refractivity contribution in [3.63, 3.8) is 0 Å². The van der Waals surface area contributed by atoms with Gasteiger partial charge in [-0.25, -0.2) is 4.79 Å². The van der Waals surface area contributed by atoms with E-state index in [9.17, 15) is 18.8 Å². The van der Waals surface area contributed by atoms with E-state index in [2.05, 4.69) is 0 Å². The quantitative estimate of drug-likeness (QED) is 0.860. The second kappa shape index (κ2) is 5.19. The van der Waals surface area contributed by atoms with Gasteiger partial charge in [0.2, 0.25) is 5.82 Å². The van der Waals surface area contributed by atoms with E-state index in [1.54, 1.807) is 17.1 Å². The van der Waals surface area contributed by atoms with E-state index in [1.165, 1.54) is 12.1 Å². The average Bonchev–Trinajstić information content (AvgIpc) is 2.36. The molecule has 2 rings (SSSR count). The summed E-state index contributed by atoms with van der Waals surface area (Å²) in [6.45, 7) is -0.406. The van der Waals surface area contributed by atoms with Crippen LogP contribution in [0.4, 0.5) is 4.39 Å². The SMILES string of the molecule is O=C(Cn1cc(F)c(=O)[nH]c1=O)c1ccccc1Cl. The molecule has 0 amide bonds. The summed E-state index contributed by atoms with van der Waals surface area (Å²) in [5.74, 6) is -1.59. The number of ketones is 1. The van der Waals surface area contributed by atoms with Gasteiger partial charge in [0.15, 0.2) is 5.78 Å². The van der Waals surface area contributed by atoms with Gasteiger partial charge in [0.1, 0.15) is 0 Å². The molecule has 1 aromatic heterocycles. The van der Waals surface area contributed by atoms with Gasteiger partial charge < -0.3 is 0 Å². The van der Waals surface area contributed by atoms with Gasteiger partial charge in [0, 0.05) is 5.56 Å². The van der Waals surface area contributed by atoms with E-state index >= 15 is 0 Å². The average molecular weight is 283 g/mol. The van der Waals surface area contributed by atoms with Crippen molar-refractivity contribution in [2.24, 2.45) is 0 Å². The minimum Gasteiger partial charge on any atom is -0.292 e. The molecule has 0 aliphatic carbocycles. The van der Waals surface area contributed by atoms with Crippen LogP contribution < -0.4 is 11.2 Å². The summed E-state index contributed by atoms with van der Waals surface area (Å²) < 4.78 is 13.8. The Hall–Kier alpha value is -2.21. The summed E-state index contributed by atoms with van der Waals surface area (Å²) in [4.78, 5) is 35.9. The summed E-state index contributed by atoms with van der Waals surface area (Å²) in [5.41, 5.74) is -1.75. The number of nitrogens with one attached hydrogen (secondary N) is 1. The molecule has 7 heteroatoms. The zero-order valence-corrected chi connectivity index (χ0v) is 10.3. The Kier molecular flexibility index (Phi) is 3.62. The third-order valence-corrected chi connectivity index (χ3v) is 2.79. The van der Waals surface area contributed by atoms with Crippen LogP contribution in [0.15, 0.2) is 40.1 Å². The number of carbonyl (C=O) groups excluding carboxylic acids is 1. The first kappa shape index (κ1) is 13.2. The van der Waals surface area contributed by atoms with Gasteiger partial charge in [0.25, 0.3) is 5.56 Å². The number of H-pyrrole nitrogens is 1. The summed E-state index contributed by atoms with van der Waals surface area (Å²) in [6.07, 6.45) is 0.690. The first-order valence-corrected chi connectivity index (χ1v) is 5.64. The van der Waals surface area contributed by atoms with Crippen LogP contribution in [-0.2, 0) is 6.54 Å². The van der Waals surface area contributed by atoms with Crippen molar-refractivity contribution in [2.75, 3.05) is 0 Å². The molecule has 0 atom stereocenters. The fourth-order valence-corrected chi connectivity index (χ4v) is 1.77. The van der Waals surface area contributed by atoms with Crippen LogP contribution in [0.25, 0.3) is 0 Å². The van der Waals surface area contributed by atoms with Crippen LogP contribution in [0.5, 0.6) is 0 Å². The summed E-state index contributed by atoms with van der Waals surface area (Å²) in [6, 6.07) is 6.31. The number of Topliss-reactive ketones (excluding diaryl/α,β-unsaturated/α-hetero) is 1. The van der Waals surface area contributed by atoms with E-state index in [1.807, 2.05) is 0 Å². The topological polar surface area (TPSA) is 71.9 Å². The monoisotopic (exact) mass is 282 g/mol. The first-order valence-electron chi connectivity index (χ1n) is 5.26. The number of aromatic nitrogens is 2. The molecule has 98 valence electrons. The lowest BCUT2D eigenvalue weighted by Gasteiger charge is -2.05. The zero-order valence-electron chi connectivity index (χ0n) is 9.52. The lowest BCUT2D eigenvalue weighted by Crippen LogP contribution is -2.33. The lowest BCUT2D eigenvalue weighted by atomic mass is 10.1. The highest BCUT2D eigenvalue weighted by atomic mass is 35.5. The number of nitrogens with zero attached hydrogens (tertiary/aromatic N) is 1. The predicted molar refractivity (Wildman–Crippen MR) is 67.1 cm³/mol. The third-order valence-electron chi connectivity index (χ3n) is 2.46. The molecule has 2 aromatic rings. The van der Waals surface area contributed by atoms with Gasteiger partial charge in [-0.3, -0.25) is 19.1 Å². The number of halogens is 2. The second-order valence-electron chi connectivity index (χ2n) is 3.77. The first-order chi connectivity index (χ1) is 8.99. The Morgan fingerprint density at radius 3 is 2.68 bits per heavy atom. The highest BCUT2D eigenvalue weighted by Crippen LogP contribution is 2.15. The molecule has 1 heterocycles. The van der Waals surface area contributed by atoms with Crippen LogP contribution in [0.1, 0.15) is 10.4 Å². The van der Waals surface area contributed by atoms with Crippen LogP contribution >= 0.6 is 11.6 Å². The van der Waals surface area contributed by atoms with Crippen molar-refractivity contribution < 1.29 is 9.18 Å². The van der Waals surface area contributed by atoms with E-state index in [4.69, 9.17) is 11.6 Å². The van der Waals surface area contributed by atoms with Gasteiger partial charge in [-0.05, 0) is 12.1 Å². The molecule has 0 aliphatic heterocycles. The molecule has 1 N–H and O–H groups in total. The Bertz CT molecular complexity index is 751. The molecule has 0 fully saturated rings. The molecule has 0 saturated carbocycles. The van der Waals surface area contributed by atoms with E-state index in [0.717, 1.165) is 4.57 Å². The maximum absolute atomic E-state index is 13.1. The normalized spacial score (nSPS) is 10.4. The number of rotatable bonds is 3. The van der Waals surface area contributed by atoms with Crippen molar-refractivity contribution in [1.29, 1.82) is 0 Å². The van der Waals surface area contributed by atoms with Crippen molar-refractivity contribution in [1.82, 2.24) is 9.55 Å². The van der Waals surface area contributed by atoms with Crippen molar-refractivity contribution in [3.05, 3.63) is 67.7 Å². The highest BCUT2D eigenvalue weighted by molar-refractivity contribution is 6.33. The zero-order chi connectivity index (χ0) is 14.0. The summed E-state index contributed by atoms with van der Waals surface area (Å²) in [5, 5.41) is 0.241. The molecule has 0 saturated heterocycles. The number of hydrogen-bond acceptors (Lipinski definition) is 3. The number of hydrogen-bond donors (Lipinski definition) is 1. The predicted octanol–water partition coefficient (Wildman–Crippen LogP) is 1.21. The molecule has 0 unspecified atom stereocenters. The molecule has 1 aromatic carbocycles. The fraction of sp³-hybridized carbons (Fsp3) is 0.0833. The molecule has 0 bridgehead atoms. The molecule has 0 aliphatic rings. The molecule has 19 heavy (non-hydrogen) atoms. The van der Waals surface area contributed by atoms with Gasteiger partial charge in [0.05, 0.1) is 17.8 Å².